The van der Waals surface area contributed by atoms with Crippen molar-refractivity contribution in [1.82, 2.24) is 15.1 Å². The van der Waals surface area contributed by atoms with Crippen LogP contribution in [0.15, 0.2) is 48.5 Å². The number of anilines is 2. The number of ether oxygens (including phenoxy) is 2. The van der Waals surface area contributed by atoms with E-state index in [9.17, 15) is 4.79 Å². The van der Waals surface area contributed by atoms with E-state index < -0.39 is 0 Å². The number of carbonyl (C=O) groups is 1. The number of halogens is 2. The summed E-state index contributed by atoms with van der Waals surface area (Å²) in [6.45, 7) is 2.40. The van der Waals surface area contributed by atoms with E-state index in [1.165, 1.54) is 0 Å². The average molecular weight is 488 g/mol. The quantitative estimate of drug-likeness (QED) is 0.555. The molecule has 0 saturated carbocycles. The van der Waals surface area contributed by atoms with Crippen molar-refractivity contribution in [2.24, 2.45) is 0 Å². The first-order valence-electron chi connectivity index (χ1n) is 10.3. The molecular formula is C23H23Cl2N5O3. The van der Waals surface area contributed by atoms with Crippen molar-refractivity contribution in [2.75, 3.05) is 50.6 Å². The Kier molecular flexibility index (Phi) is 7.05. The molecule has 1 fully saturated rings. The molecule has 2 aromatic carbocycles. The van der Waals surface area contributed by atoms with Crippen molar-refractivity contribution in [1.29, 1.82) is 0 Å². The number of methoxy groups -OCH3 is 2. The van der Waals surface area contributed by atoms with Crippen molar-refractivity contribution in [2.45, 2.75) is 0 Å². The number of piperazine rings is 1. The van der Waals surface area contributed by atoms with Crippen molar-refractivity contribution >= 4 is 40.7 Å². The van der Waals surface area contributed by atoms with Gasteiger partial charge in [0.15, 0.2) is 5.82 Å². The SMILES string of the molecule is COc1cc(NC(=O)N2CCN(c3ccc(-c4ccc(Cl)cc4Cl)nn3)CC2)cc(OC)c1. The van der Waals surface area contributed by atoms with Gasteiger partial charge in [0.1, 0.15) is 11.5 Å². The van der Waals surface area contributed by atoms with E-state index in [-0.39, 0.29) is 6.03 Å². The largest absolute Gasteiger partial charge is 0.497 e. The Hall–Kier alpha value is -3.23. The van der Waals surface area contributed by atoms with E-state index in [0.717, 1.165) is 11.4 Å². The molecular weight excluding hydrogens is 465 g/mol. The van der Waals surface area contributed by atoms with Crippen LogP contribution in [0.25, 0.3) is 11.3 Å². The van der Waals surface area contributed by atoms with Crippen LogP contribution in [0.2, 0.25) is 10.0 Å². The van der Waals surface area contributed by atoms with Crippen LogP contribution in [0, 0.1) is 0 Å². The fourth-order valence-electron chi connectivity index (χ4n) is 3.56. The summed E-state index contributed by atoms with van der Waals surface area (Å²) in [7, 11) is 3.14. The summed E-state index contributed by atoms with van der Waals surface area (Å²) in [6, 6.07) is 14.1. The molecule has 1 N–H and O–H groups in total. The van der Waals surface area contributed by atoms with Gasteiger partial charge < -0.3 is 24.6 Å². The zero-order valence-electron chi connectivity index (χ0n) is 18.2. The Balaban J connectivity index is 1.36. The highest BCUT2D eigenvalue weighted by atomic mass is 35.5. The van der Waals surface area contributed by atoms with E-state index >= 15 is 0 Å². The predicted molar refractivity (Wildman–Crippen MR) is 130 cm³/mol. The number of aromatic nitrogens is 2. The zero-order valence-corrected chi connectivity index (χ0v) is 19.7. The van der Waals surface area contributed by atoms with E-state index in [0.29, 0.717) is 59.1 Å². The number of hydrogen-bond donors (Lipinski definition) is 1. The van der Waals surface area contributed by atoms with Gasteiger partial charge in [-0.05, 0) is 30.3 Å². The van der Waals surface area contributed by atoms with Gasteiger partial charge in [0.2, 0.25) is 0 Å². The maximum atomic E-state index is 12.7. The Morgan fingerprint density at radius 3 is 2.18 bits per heavy atom. The second-order valence-corrected chi connectivity index (χ2v) is 8.25. The smallest absolute Gasteiger partial charge is 0.321 e. The molecule has 0 radical (unpaired) electrons. The highest BCUT2D eigenvalue weighted by Crippen LogP contribution is 2.29. The van der Waals surface area contributed by atoms with Crippen molar-refractivity contribution < 1.29 is 14.3 Å². The predicted octanol–water partition coefficient (Wildman–Crippen LogP) is 4.82. The molecule has 0 bridgehead atoms. The molecule has 8 nitrogen and oxygen atoms in total. The summed E-state index contributed by atoms with van der Waals surface area (Å²) >= 11 is 12.2. The first-order valence-corrected chi connectivity index (χ1v) is 11.1. The molecule has 172 valence electrons. The van der Waals surface area contributed by atoms with Crippen LogP contribution in [0.5, 0.6) is 11.5 Å². The molecule has 0 unspecified atom stereocenters. The summed E-state index contributed by atoms with van der Waals surface area (Å²) in [5.41, 5.74) is 2.06. The Morgan fingerprint density at radius 2 is 1.61 bits per heavy atom. The maximum absolute atomic E-state index is 12.7. The van der Waals surface area contributed by atoms with Crippen LogP contribution in [0.3, 0.4) is 0 Å². The molecule has 2 heterocycles. The number of carbonyl (C=O) groups excluding carboxylic acids is 1. The van der Waals surface area contributed by atoms with Gasteiger partial charge in [0, 0.05) is 60.7 Å². The van der Waals surface area contributed by atoms with E-state index in [1.807, 2.05) is 18.2 Å². The standard InChI is InChI=1S/C23H23Cl2N5O3/c1-32-17-12-16(13-18(14-17)33-2)26-23(31)30-9-7-29(8-10-30)22-6-5-21(27-28-22)19-4-3-15(24)11-20(19)25/h3-6,11-14H,7-10H2,1-2H3,(H,26,31). The second-order valence-electron chi connectivity index (χ2n) is 7.41. The van der Waals surface area contributed by atoms with Crippen LogP contribution >= 0.6 is 23.2 Å². The lowest BCUT2D eigenvalue weighted by Crippen LogP contribution is -2.50. The summed E-state index contributed by atoms with van der Waals surface area (Å²) in [5.74, 6) is 1.97. The third-order valence-electron chi connectivity index (χ3n) is 5.35. The average Bonchev–Trinajstić information content (AvgIpc) is 2.84. The van der Waals surface area contributed by atoms with Gasteiger partial charge in [-0.25, -0.2) is 4.79 Å². The number of nitrogens with zero attached hydrogens (tertiary/aromatic N) is 4. The Morgan fingerprint density at radius 1 is 0.909 bits per heavy atom. The van der Waals surface area contributed by atoms with Gasteiger partial charge in [-0.3, -0.25) is 0 Å². The lowest BCUT2D eigenvalue weighted by atomic mass is 10.1. The van der Waals surface area contributed by atoms with E-state index in [4.69, 9.17) is 32.7 Å². The lowest BCUT2D eigenvalue weighted by Gasteiger charge is -2.35. The monoisotopic (exact) mass is 487 g/mol. The van der Waals surface area contributed by atoms with Crippen molar-refractivity contribution in [3.8, 4) is 22.8 Å². The zero-order chi connectivity index (χ0) is 23.4. The molecule has 4 rings (SSSR count). The minimum atomic E-state index is -0.177. The third kappa shape index (κ3) is 5.40. The van der Waals surface area contributed by atoms with Gasteiger partial charge >= 0.3 is 6.03 Å². The second kappa shape index (κ2) is 10.1. The molecule has 10 heteroatoms. The van der Waals surface area contributed by atoms with Crippen LogP contribution in [0.1, 0.15) is 0 Å². The van der Waals surface area contributed by atoms with Gasteiger partial charge in [-0.2, -0.15) is 0 Å². The van der Waals surface area contributed by atoms with Crippen LogP contribution < -0.4 is 19.7 Å². The van der Waals surface area contributed by atoms with Crippen LogP contribution in [0.4, 0.5) is 16.3 Å². The normalized spacial score (nSPS) is 13.6. The minimum Gasteiger partial charge on any atom is -0.497 e. The summed E-state index contributed by atoms with van der Waals surface area (Å²) in [4.78, 5) is 16.6. The lowest BCUT2D eigenvalue weighted by molar-refractivity contribution is 0.208. The number of hydrogen-bond acceptors (Lipinski definition) is 6. The summed E-state index contributed by atoms with van der Waals surface area (Å²) in [5, 5.41) is 12.7. The van der Waals surface area contributed by atoms with Crippen LogP contribution in [-0.4, -0.2) is 61.5 Å². The maximum Gasteiger partial charge on any atom is 0.321 e. The van der Waals surface area contributed by atoms with E-state index in [1.54, 1.807) is 49.5 Å². The number of benzene rings is 2. The molecule has 0 aliphatic carbocycles. The molecule has 0 spiro atoms. The topological polar surface area (TPSA) is 79.8 Å². The number of urea groups is 1. The summed E-state index contributed by atoms with van der Waals surface area (Å²) in [6.07, 6.45) is 0. The number of rotatable bonds is 5. The highest BCUT2D eigenvalue weighted by molar-refractivity contribution is 6.36. The Labute approximate surface area is 202 Å². The third-order valence-corrected chi connectivity index (χ3v) is 5.90. The van der Waals surface area contributed by atoms with Gasteiger partial charge in [-0.15, -0.1) is 10.2 Å². The molecule has 2 amide bonds. The highest BCUT2D eigenvalue weighted by Gasteiger charge is 2.22. The van der Waals surface area contributed by atoms with Gasteiger partial charge in [0.25, 0.3) is 0 Å². The summed E-state index contributed by atoms with van der Waals surface area (Å²) < 4.78 is 10.5. The fourth-order valence-corrected chi connectivity index (χ4v) is 4.06. The number of amides is 2. The molecule has 33 heavy (non-hydrogen) atoms. The Bertz CT molecular complexity index is 1110. The minimum absolute atomic E-state index is 0.177. The van der Waals surface area contributed by atoms with Gasteiger partial charge in [0.05, 0.1) is 24.9 Å². The molecule has 3 aromatic rings. The van der Waals surface area contributed by atoms with Gasteiger partial charge in [-0.1, -0.05) is 23.2 Å². The molecule has 1 saturated heterocycles. The molecule has 0 atom stereocenters. The first-order chi connectivity index (χ1) is 16.0. The number of nitrogens with one attached hydrogen (secondary N) is 1. The van der Waals surface area contributed by atoms with Crippen molar-refractivity contribution in [3.63, 3.8) is 0 Å². The molecule has 1 aliphatic heterocycles. The van der Waals surface area contributed by atoms with Crippen molar-refractivity contribution in [3.05, 3.63) is 58.6 Å². The molecule has 1 aromatic heterocycles. The fraction of sp³-hybridized carbons (Fsp3) is 0.261. The first kappa shape index (κ1) is 22.9. The van der Waals surface area contributed by atoms with Crippen LogP contribution in [-0.2, 0) is 0 Å². The van der Waals surface area contributed by atoms with E-state index in [2.05, 4.69) is 20.4 Å². The molecule has 1 aliphatic rings.